The normalized spacial score (nSPS) is 12.2. The summed E-state index contributed by atoms with van der Waals surface area (Å²) in [6, 6.07) is 7.26. The van der Waals surface area contributed by atoms with Crippen LogP contribution in [-0.2, 0) is 9.53 Å². The first-order valence-corrected chi connectivity index (χ1v) is 9.13. The quantitative estimate of drug-likeness (QED) is 0.347. The van der Waals surface area contributed by atoms with E-state index in [1.54, 1.807) is 30.6 Å². The summed E-state index contributed by atoms with van der Waals surface area (Å²) in [5, 5.41) is 19.1. The summed E-state index contributed by atoms with van der Waals surface area (Å²) in [7, 11) is 1.59. The SMILES string of the molecule is CCOC(=O)[C@@H](Br)c1nnc2c(Nc3ccc(OC)cc3)nc3nonc3n12. The van der Waals surface area contributed by atoms with Crippen molar-refractivity contribution in [3.8, 4) is 5.75 Å². The number of ether oxygens (including phenoxy) is 2. The number of aromatic nitrogens is 6. The van der Waals surface area contributed by atoms with Crippen LogP contribution in [0.3, 0.4) is 0 Å². The molecular formula is C16H14BrN7O4. The van der Waals surface area contributed by atoms with Gasteiger partial charge in [-0.15, -0.1) is 10.2 Å². The minimum absolute atomic E-state index is 0.230. The first-order valence-electron chi connectivity index (χ1n) is 8.21. The van der Waals surface area contributed by atoms with Crippen molar-refractivity contribution in [1.29, 1.82) is 0 Å². The summed E-state index contributed by atoms with van der Waals surface area (Å²) >= 11 is 3.30. The number of methoxy groups -OCH3 is 1. The van der Waals surface area contributed by atoms with E-state index in [-0.39, 0.29) is 23.7 Å². The molecule has 11 nitrogen and oxygen atoms in total. The highest BCUT2D eigenvalue weighted by Crippen LogP contribution is 2.29. The standard InChI is InChI=1S/C16H14BrN7O4/c1-3-27-16(25)10(17)13-20-21-14-11(18-8-4-6-9(26-2)7-5-8)19-12-15(24(13)14)23-28-22-12/h4-7,10H,3H2,1-2H3,(H,18,19,22)/t10-/m0/s1. The van der Waals surface area contributed by atoms with Gasteiger partial charge in [-0.25, -0.2) is 9.61 Å². The summed E-state index contributed by atoms with van der Waals surface area (Å²) < 4.78 is 16.6. The molecule has 0 spiro atoms. The summed E-state index contributed by atoms with van der Waals surface area (Å²) in [4.78, 5) is 15.7. The molecule has 0 saturated carbocycles. The Bertz CT molecular complexity index is 1140. The zero-order valence-corrected chi connectivity index (χ0v) is 16.4. The van der Waals surface area contributed by atoms with Crippen molar-refractivity contribution in [1.82, 2.24) is 29.9 Å². The van der Waals surface area contributed by atoms with Crippen LogP contribution in [0.4, 0.5) is 11.5 Å². The van der Waals surface area contributed by atoms with Gasteiger partial charge in [0, 0.05) is 5.69 Å². The number of anilines is 2. The minimum Gasteiger partial charge on any atom is -0.497 e. The smallest absolute Gasteiger partial charge is 0.327 e. The average Bonchev–Trinajstić information content (AvgIpc) is 3.35. The Labute approximate surface area is 166 Å². The third kappa shape index (κ3) is 3.11. The molecule has 3 heterocycles. The van der Waals surface area contributed by atoms with Crippen molar-refractivity contribution >= 4 is 50.3 Å². The number of fused-ring (bicyclic) bond motifs is 3. The van der Waals surface area contributed by atoms with Gasteiger partial charge in [0.1, 0.15) is 5.75 Å². The largest absolute Gasteiger partial charge is 0.497 e. The van der Waals surface area contributed by atoms with Crippen LogP contribution in [0.1, 0.15) is 17.6 Å². The maximum absolute atomic E-state index is 12.1. The molecule has 3 aromatic heterocycles. The molecule has 4 aromatic rings. The number of hydrogen-bond acceptors (Lipinski definition) is 10. The van der Waals surface area contributed by atoms with Gasteiger partial charge >= 0.3 is 5.97 Å². The van der Waals surface area contributed by atoms with Crippen molar-refractivity contribution in [2.45, 2.75) is 11.8 Å². The molecule has 144 valence electrons. The molecule has 0 saturated heterocycles. The lowest BCUT2D eigenvalue weighted by Gasteiger charge is -2.09. The van der Waals surface area contributed by atoms with Gasteiger partial charge in [0.15, 0.2) is 16.5 Å². The highest BCUT2D eigenvalue weighted by atomic mass is 79.9. The van der Waals surface area contributed by atoms with Crippen molar-refractivity contribution < 1.29 is 18.9 Å². The number of rotatable bonds is 6. The van der Waals surface area contributed by atoms with E-state index in [1.165, 1.54) is 0 Å². The molecule has 0 aliphatic heterocycles. The molecule has 0 amide bonds. The number of nitrogens with zero attached hydrogens (tertiary/aromatic N) is 6. The Balaban J connectivity index is 1.81. The number of esters is 1. The Kier molecular flexibility index (Phi) is 4.77. The molecule has 0 bridgehead atoms. The Morgan fingerprint density at radius 3 is 2.75 bits per heavy atom. The van der Waals surface area contributed by atoms with Gasteiger partial charge in [0.25, 0.3) is 0 Å². The van der Waals surface area contributed by atoms with Gasteiger partial charge in [-0.3, -0.25) is 9.20 Å². The number of hydrogen-bond donors (Lipinski definition) is 1. The molecule has 4 rings (SSSR count). The number of halogens is 1. The van der Waals surface area contributed by atoms with E-state index >= 15 is 0 Å². The highest BCUT2D eigenvalue weighted by molar-refractivity contribution is 9.09. The van der Waals surface area contributed by atoms with Crippen molar-refractivity contribution in [3.63, 3.8) is 0 Å². The summed E-state index contributed by atoms with van der Waals surface area (Å²) in [5.74, 6) is 0.869. The summed E-state index contributed by atoms with van der Waals surface area (Å²) in [6.07, 6.45) is 0. The molecular weight excluding hydrogens is 434 g/mol. The number of alkyl halides is 1. The Morgan fingerprint density at radius 2 is 2.04 bits per heavy atom. The van der Waals surface area contributed by atoms with Gasteiger partial charge in [0.2, 0.25) is 16.9 Å². The van der Waals surface area contributed by atoms with E-state index in [1.807, 2.05) is 12.1 Å². The van der Waals surface area contributed by atoms with E-state index < -0.39 is 10.8 Å². The van der Waals surface area contributed by atoms with Gasteiger partial charge < -0.3 is 14.8 Å². The fraction of sp³-hybridized carbons (Fsp3) is 0.250. The monoisotopic (exact) mass is 447 g/mol. The molecule has 0 fully saturated rings. The number of carbonyl (C=O) groups excluding carboxylic acids is 1. The van der Waals surface area contributed by atoms with Crippen LogP contribution in [0.5, 0.6) is 5.75 Å². The Morgan fingerprint density at radius 1 is 1.25 bits per heavy atom. The second-order valence-corrected chi connectivity index (χ2v) is 6.47. The van der Waals surface area contributed by atoms with Crippen LogP contribution in [0, 0.1) is 0 Å². The second kappa shape index (κ2) is 7.38. The van der Waals surface area contributed by atoms with Crippen LogP contribution in [0.25, 0.3) is 16.9 Å². The van der Waals surface area contributed by atoms with Crippen molar-refractivity contribution in [2.24, 2.45) is 0 Å². The first-order chi connectivity index (χ1) is 13.6. The molecule has 1 atom stereocenters. The van der Waals surface area contributed by atoms with E-state index in [0.717, 1.165) is 11.4 Å². The predicted molar refractivity (Wildman–Crippen MR) is 101 cm³/mol. The van der Waals surface area contributed by atoms with Crippen LogP contribution >= 0.6 is 15.9 Å². The average molecular weight is 448 g/mol. The molecule has 0 aliphatic carbocycles. The van der Waals surface area contributed by atoms with E-state index in [0.29, 0.717) is 11.5 Å². The molecule has 0 radical (unpaired) electrons. The number of nitrogens with one attached hydrogen (secondary N) is 1. The maximum atomic E-state index is 12.1. The van der Waals surface area contributed by atoms with E-state index in [4.69, 9.17) is 14.1 Å². The highest BCUT2D eigenvalue weighted by Gasteiger charge is 2.28. The molecule has 28 heavy (non-hydrogen) atoms. The first kappa shape index (κ1) is 18.1. The third-order valence-corrected chi connectivity index (χ3v) is 4.64. The fourth-order valence-electron chi connectivity index (χ4n) is 2.58. The molecule has 1 aromatic carbocycles. The molecule has 0 unspecified atom stereocenters. The van der Waals surface area contributed by atoms with Crippen molar-refractivity contribution in [3.05, 3.63) is 30.1 Å². The zero-order valence-electron chi connectivity index (χ0n) is 14.8. The fourth-order valence-corrected chi connectivity index (χ4v) is 3.01. The van der Waals surface area contributed by atoms with Crippen LogP contribution in [0.2, 0.25) is 0 Å². The van der Waals surface area contributed by atoms with Crippen LogP contribution < -0.4 is 10.1 Å². The van der Waals surface area contributed by atoms with Crippen LogP contribution in [-0.4, -0.2) is 49.6 Å². The zero-order chi connectivity index (χ0) is 19.7. The maximum Gasteiger partial charge on any atom is 0.327 e. The third-order valence-electron chi connectivity index (χ3n) is 3.86. The van der Waals surface area contributed by atoms with Gasteiger partial charge in [0.05, 0.1) is 13.7 Å². The lowest BCUT2D eigenvalue weighted by molar-refractivity contribution is -0.142. The van der Waals surface area contributed by atoms with Gasteiger partial charge in [-0.05, 0) is 41.5 Å². The van der Waals surface area contributed by atoms with E-state index in [9.17, 15) is 4.79 Å². The predicted octanol–water partition coefficient (Wildman–Crippen LogP) is 2.41. The number of carbonyl (C=O) groups is 1. The van der Waals surface area contributed by atoms with E-state index in [2.05, 4.69) is 46.7 Å². The summed E-state index contributed by atoms with van der Waals surface area (Å²) in [5.41, 5.74) is 1.61. The molecule has 1 N–H and O–H groups in total. The summed E-state index contributed by atoms with van der Waals surface area (Å²) in [6.45, 7) is 1.96. The van der Waals surface area contributed by atoms with Crippen LogP contribution in [0.15, 0.2) is 28.9 Å². The lowest BCUT2D eigenvalue weighted by atomic mass is 10.3. The van der Waals surface area contributed by atoms with Crippen molar-refractivity contribution in [2.75, 3.05) is 19.0 Å². The Hall–Kier alpha value is -3.28. The van der Waals surface area contributed by atoms with Gasteiger partial charge in [-0.1, -0.05) is 15.9 Å². The van der Waals surface area contributed by atoms with Gasteiger partial charge in [-0.2, -0.15) is 0 Å². The second-order valence-electron chi connectivity index (χ2n) is 5.56. The lowest BCUT2D eigenvalue weighted by Crippen LogP contribution is -2.14. The number of benzene rings is 1. The minimum atomic E-state index is -0.849. The topological polar surface area (TPSA) is 130 Å². The molecule has 0 aliphatic rings. The molecule has 12 heteroatoms.